The number of piperidine rings is 1. The molecule has 3 unspecified atom stereocenters. The number of benzene rings is 2. The second-order valence-electron chi connectivity index (χ2n) is 8.80. The number of furan rings is 2. The number of ketones is 1. The van der Waals surface area contributed by atoms with Crippen LogP contribution < -0.4 is 5.32 Å². The summed E-state index contributed by atoms with van der Waals surface area (Å²) in [4.78, 5) is 40.7. The lowest BCUT2D eigenvalue weighted by atomic mass is 9.80. The molecule has 4 aromatic rings. The number of aromatic hydroxyl groups is 1. The number of phenolic OH excluding ortho intramolecular Hbond substituents is 1. The van der Waals surface area contributed by atoms with Crippen molar-refractivity contribution in [2.24, 2.45) is 5.92 Å². The van der Waals surface area contributed by atoms with Gasteiger partial charge in [0.25, 0.3) is 11.4 Å². The van der Waals surface area contributed by atoms with Crippen LogP contribution in [0, 0.1) is 36.3 Å². The minimum Gasteiger partial charge on any atom is -0.497 e. The summed E-state index contributed by atoms with van der Waals surface area (Å²) in [7, 11) is 0. The van der Waals surface area contributed by atoms with Crippen LogP contribution >= 0.6 is 0 Å². The Labute approximate surface area is 225 Å². The van der Waals surface area contributed by atoms with E-state index in [1.807, 2.05) is 42.5 Å². The second kappa shape index (κ2) is 12.0. The molecule has 1 saturated heterocycles. The van der Waals surface area contributed by atoms with E-state index in [-0.39, 0.29) is 23.8 Å². The number of rotatable bonds is 7. The SMILES string of the molecule is O=C1CC(c2ccco2)NC(c2ccco2)C1Cc1ccccc1.O=[N+]([O-])c1cc([N+](=O)[O-])c(O)c([N+](=O)[O-])c1. The Bertz CT molecular complexity index is 1470. The normalized spacial score (nSPS) is 18.4. The van der Waals surface area contributed by atoms with Crippen LogP contribution in [0.4, 0.5) is 17.1 Å². The summed E-state index contributed by atoms with van der Waals surface area (Å²) < 4.78 is 11.1. The number of carbonyl (C=O) groups is 1. The maximum absolute atomic E-state index is 12.9. The summed E-state index contributed by atoms with van der Waals surface area (Å²) in [6.07, 6.45) is 4.42. The Balaban J connectivity index is 0.000000202. The zero-order valence-electron chi connectivity index (χ0n) is 20.6. The highest BCUT2D eigenvalue weighted by Crippen LogP contribution is 2.39. The molecule has 206 valence electrons. The molecule has 0 spiro atoms. The third-order valence-electron chi connectivity index (χ3n) is 6.30. The number of hydrogen-bond donors (Lipinski definition) is 2. The number of carbonyl (C=O) groups excluding carboxylic acids is 1. The van der Waals surface area contributed by atoms with E-state index in [1.54, 1.807) is 12.5 Å². The van der Waals surface area contributed by atoms with Gasteiger partial charge in [-0.05, 0) is 36.2 Å². The molecule has 14 nitrogen and oxygen atoms in total. The zero-order chi connectivity index (χ0) is 28.8. The van der Waals surface area contributed by atoms with Crippen molar-refractivity contribution in [3.05, 3.63) is 127 Å². The quantitative estimate of drug-likeness (QED) is 0.226. The number of nitro groups is 3. The van der Waals surface area contributed by atoms with Gasteiger partial charge in [0.15, 0.2) is 0 Å². The molecule has 5 rings (SSSR count). The maximum Gasteiger partial charge on any atom is 0.324 e. The van der Waals surface area contributed by atoms with Crippen molar-refractivity contribution >= 4 is 22.8 Å². The molecule has 0 radical (unpaired) electrons. The van der Waals surface area contributed by atoms with Crippen molar-refractivity contribution in [2.75, 3.05) is 0 Å². The summed E-state index contributed by atoms with van der Waals surface area (Å²) >= 11 is 0. The van der Waals surface area contributed by atoms with Crippen molar-refractivity contribution in [3.8, 4) is 5.75 Å². The number of non-ortho nitro benzene ring substituents is 1. The minimum absolute atomic E-state index is 0.116. The predicted octanol–water partition coefficient (Wildman–Crippen LogP) is 5.19. The van der Waals surface area contributed by atoms with Crippen LogP contribution in [0.3, 0.4) is 0 Å². The second-order valence-corrected chi connectivity index (χ2v) is 8.80. The first-order valence-corrected chi connectivity index (χ1v) is 11.9. The van der Waals surface area contributed by atoms with Gasteiger partial charge in [-0.1, -0.05) is 30.3 Å². The van der Waals surface area contributed by atoms with Crippen LogP contribution in [-0.4, -0.2) is 25.7 Å². The molecular weight excluding hydrogens is 528 g/mol. The number of nitrogens with one attached hydrogen (secondary N) is 1. The van der Waals surface area contributed by atoms with E-state index in [0.29, 0.717) is 25.0 Å². The Morgan fingerprint density at radius 1 is 0.825 bits per heavy atom. The lowest BCUT2D eigenvalue weighted by molar-refractivity contribution is -0.404. The number of Topliss-reactive ketones (excluding diaryl/α,β-unsaturated/α-hetero) is 1. The average Bonchev–Trinajstić information content (AvgIpc) is 3.65. The van der Waals surface area contributed by atoms with E-state index in [9.17, 15) is 35.1 Å². The first-order valence-electron chi connectivity index (χ1n) is 11.9. The van der Waals surface area contributed by atoms with Crippen molar-refractivity contribution < 1.29 is 33.5 Å². The van der Waals surface area contributed by atoms with Crippen LogP contribution in [0.1, 0.15) is 35.6 Å². The van der Waals surface area contributed by atoms with Gasteiger partial charge in [0.05, 0.1) is 51.5 Å². The van der Waals surface area contributed by atoms with E-state index in [1.165, 1.54) is 0 Å². The van der Waals surface area contributed by atoms with Gasteiger partial charge in [0, 0.05) is 12.3 Å². The number of hydrogen-bond acceptors (Lipinski definition) is 11. The van der Waals surface area contributed by atoms with Crippen molar-refractivity contribution in [3.63, 3.8) is 0 Å². The molecule has 0 aliphatic carbocycles. The molecule has 14 heteroatoms. The molecule has 1 aliphatic rings. The van der Waals surface area contributed by atoms with Crippen LogP contribution in [0.2, 0.25) is 0 Å². The number of nitrogens with zero attached hydrogens (tertiary/aromatic N) is 3. The molecule has 1 fully saturated rings. The van der Waals surface area contributed by atoms with E-state index in [2.05, 4.69) is 17.4 Å². The van der Waals surface area contributed by atoms with Gasteiger partial charge in [0.1, 0.15) is 17.3 Å². The predicted molar refractivity (Wildman–Crippen MR) is 137 cm³/mol. The summed E-state index contributed by atoms with van der Waals surface area (Å²) in [6, 6.07) is 18.3. The molecule has 2 aromatic heterocycles. The van der Waals surface area contributed by atoms with E-state index in [4.69, 9.17) is 13.9 Å². The first kappa shape index (κ1) is 27.7. The Hall–Kier alpha value is -5.37. The molecule has 0 bridgehead atoms. The third-order valence-corrected chi connectivity index (χ3v) is 6.30. The average molecular weight is 550 g/mol. The number of phenols is 1. The summed E-state index contributed by atoms with van der Waals surface area (Å²) in [6.45, 7) is 0. The van der Waals surface area contributed by atoms with Crippen LogP contribution in [0.25, 0.3) is 0 Å². The van der Waals surface area contributed by atoms with Crippen molar-refractivity contribution in [1.29, 1.82) is 0 Å². The molecule has 1 aliphatic heterocycles. The van der Waals surface area contributed by atoms with Gasteiger partial charge in [-0.2, -0.15) is 0 Å². The Morgan fingerprint density at radius 2 is 1.40 bits per heavy atom. The fraction of sp³-hybridized carbons (Fsp3) is 0.192. The van der Waals surface area contributed by atoms with Gasteiger partial charge >= 0.3 is 11.4 Å². The molecule has 40 heavy (non-hydrogen) atoms. The monoisotopic (exact) mass is 550 g/mol. The molecule has 2 aromatic carbocycles. The van der Waals surface area contributed by atoms with Gasteiger partial charge in [-0.25, -0.2) is 0 Å². The highest BCUT2D eigenvalue weighted by molar-refractivity contribution is 5.83. The maximum atomic E-state index is 12.9. The van der Waals surface area contributed by atoms with Gasteiger partial charge < -0.3 is 13.9 Å². The van der Waals surface area contributed by atoms with Crippen LogP contribution in [-0.2, 0) is 11.2 Å². The first-order chi connectivity index (χ1) is 19.2. The fourth-order valence-electron chi connectivity index (χ4n) is 4.42. The zero-order valence-corrected chi connectivity index (χ0v) is 20.6. The summed E-state index contributed by atoms with van der Waals surface area (Å²) in [5.41, 5.74) is -1.84. The molecule has 3 atom stereocenters. The van der Waals surface area contributed by atoms with Crippen molar-refractivity contribution in [2.45, 2.75) is 24.9 Å². The van der Waals surface area contributed by atoms with Crippen LogP contribution in [0.15, 0.2) is 88.1 Å². The van der Waals surface area contributed by atoms with E-state index in [0.717, 1.165) is 17.1 Å². The molecule has 3 heterocycles. The van der Waals surface area contributed by atoms with Crippen LogP contribution in [0.5, 0.6) is 5.75 Å². The van der Waals surface area contributed by atoms with E-state index >= 15 is 0 Å². The Kier molecular flexibility index (Phi) is 8.30. The highest BCUT2D eigenvalue weighted by Gasteiger charge is 2.39. The minimum atomic E-state index is -1.21. The standard InChI is InChI=1S/C20H19NO3.C6H3N3O7/c22-17-13-16(18-8-4-10-23-18)21-20(19-9-5-11-24-19)15(17)12-14-6-2-1-3-7-14;10-6-4(8(13)14)1-3(7(11)12)2-5(6)9(15)16/h1-11,15-16,20-21H,12-13H2;1-2,10H. The third kappa shape index (κ3) is 6.19. The van der Waals surface area contributed by atoms with Crippen molar-refractivity contribution in [1.82, 2.24) is 5.32 Å². The summed E-state index contributed by atoms with van der Waals surface area (Å²) in [5, 5.41) is 43.8. The Morgan fingerprint density at radius 3 is 1.90 bits per heavy atom. The molecule has 0 amide bonds. The topological polar surface area (TPSA) is 205 Å². The lowest BCUT2D eigenvalue weighted by Crippen LogP contribution is -2.43. The van der Waals surface area contributed by atoms with Gasteiger partial charge in [-0.15, -0.1) is 0 Å². The fourth-order valence-corrected chi connectivity index (χ4v) is 4.42. The lowest BCUT2D eigenvalue weighted by Gasteiger charge is -2.34. The largest absolute Gasteiger partial charge is 0.497 e. The van der Waals surface area contributed by atoms with Gasteiger partial charge in [0.2, 0.25) is 0 Å². The number of nitro benzene ring substituents is 3. The van der Waals surface area contributed by atoms with E-state index < -0.39 is 37.6 Å². The summed E-state index contributed by atoms with van der Waals surface area (Å²) in [5.74, 6) is 0.462. The highest BCUT2D eigenvalue weighted by atomic mass is 16.6. The van der Waals surface area contributed by atoms with Gasteiger partial charge in [-0.3, -0.25) is 40.5 Å². The molecule has 0 saturated carbocycles. The molecule has 2 N–H and O–H groups in total. The smallest absolute Gasteiger partial charge is 0.324 e. The molecular formula is C26H22N4O10.